The second-order valence-electron chi connectivity index (χ2n) is 16.9. The molecule has 0 saturated heterocycles. The Morgan fingerprint density at radius 3 is 1.36 bits per heavy atom. The number of hydrogen-bond donors (Lipinski definition) is 0. The zero-order valence-corrected chi connectivity index (χ0v) is 36.7. The summed E-state index contributed by atoms with van der Waals surface area (Å²) in [7, 11) is 0. The fraction of sp³-hybridized carbons (Fsp3) is 0. The Balaban J connectivity index is 1.11. The largest absolute Gasteiger partial charge is 0.455 e. The Morgan fingerprint density at radius 2 is 0.716 bits per heavy atom. The minimum absolute atomic E-state index is 0.802. The first-order valence-corrected chi connectivity index (χ1v) is 22.8. The van der Waals surface area contributed by atoms with Crippen molar-refractivity contribution in [2.45, 2.75) is 0 Å². The predicted molar refractivity (Wildman–Crippen MR) is 282 cm³/mol. The minimum Gasteiger partial charge on any atom is -0.455 e. The van der Waals surface area contributed by atoms with Crippen LogP contribution in [0.25, 0.3) is 77.2 Å². The summed E-state index contributed by atoms with van der Waals surface area (Å²) >= 11 is 0. The standard InChI is InChI=1S/C64H44N2O/c1-5-19-45(20-6-1)46-33-38-53(39-34-46)66(60-32-18-17-30-57(60)48-23-9-3-10-24-48)54-43-61(63-59-42-37-49-25-13-14-31-58(49)64(59)67-62(63)44-54)65(51-26-11-4-12-27-51)52-40-35-50(36-41-52)56-29-16-15-28-55(56)47-21-7-2-8-22-47/h1-44H. The van der Waals surface area contributed by atoms with Gasteiger partial charge >= 0.3 is 0 Å². The summed E-state index contributed by atoms with van der Waals surface area (Å²) in [5.41, 5.74) is 17.1. The van der Waals surface area contributed by atoms with Crippen LogP contribution >= 0.6 is 0 Å². The number of anilines is 6. The molecule has 67 heavy (non-hydrogen) atoms. The van der Waals surface area contributed by atoms with Gasteiger partial charge in [0.1, 0.15) is 11.2 Å². The maximum absolute atomic E-state index is 7.16. The molecule has 0 radical (unpaired) electrons. The second-order valence-corrected chi connectivity index (χ2v) is 16.9. The molecule has 1 aromatic heterocycles. The Morgan fingerprint density at radius 1 is 0.269 bits per heavy atom. The van der Waals surface area contributed by atoms with E-state index in [0.29, 0.717) is 0 Å². The average molecular weight is 857 g/mol. The number of benzene rings is 11. The quantitative estimate of drug-likeness (QED) is 0.137. The van der Waals surface area contributed by atoms with Gasteiger partial charge in [0.15, 0.2) is 0 Å². The first kappa shape index (κ1) is 39.7. The highest BCUT2D eigenvalue weighted by Crippen LogP contribution is 2.50. The third-order valence-electron chi connectivity index (χ3n) is 12.9. The number of rotatable bonds is 10. The van der Waals surface area contributed by atoms with E-state index < -0.39 is 0 Å². The second kappa shape index (κ2) is 17.2. The zero-order chi connectivity index (χ0) is 44.5. The number of nitrogens with zero attached hydrogens (tertiary/aromatic N) is 2. The molecule has 0 amide bonds. The van der Waals surface area contributed by atoms with Gasteiger partial charge in [0.2, 0.25) is 0 Å². The topological polar surface area (TPSA) is 19.6 Å². The molecule has 3 heteroatoms. The molecule has 0 aliphatic carbocycles. The molecule has 0 bridgehead atoms. The highest BCUT2D eigenvalue weighted by molar-refractivity contribution is 6.20. The van der Waals surface area contributed by atoms with E-state index in [9.17, 15) is 0 Å². The van der Waals surface area contributed by atoms with E-state index in [-0.39, 0.29) is 0 Å². The predicted octanol–water partition coefficient (Wildman–Crippen LogP) is 18.3. The van der Waals surface area contributed by atoms with Crippen molar-refractivity contribution in [2.24, 2.45) is 0 Å². The molecule has 0 aliphatic heterocycles. The van der Waals surface area contributed by atoms with Gasteiger partial charge in [0, 0.05) is 39.5 Å². The van der Waals surface area contributed by atoms with Crippen molar-refractivity contribution in [2.75, 3.05) is 9.80 Å². The summed E-state index contributed by atoms with van der Waals surface area (Å²) in [6.45, 7) is 0. The van der Waals surface area contributed by atoms with Crippen molar-refractivity contribution in [3.8, 4) is 44.5 Å². The molecule has 316 valence electrons. The van der Waals surface area contributed by atoms with Crippen LogP contribution in [0.4, 0.5) is 34.1 Å². The maximum Gasteiger partial charge on any atom is 0.143 e. The molecule has 0 spiro atoms. The van der Waals surface area contributed by atoms with Crippen molar-refractivity contribution in [1.82, 2.24) is 0 Å². The molecule has 12 aromatic rings. The molecule has 11 aromatic carbocycles. The van der Waals surface area contributed by atoms with Crippen LogP contribution in [0.15, 0.2) is 271 Å². The Bertz CT molecular complexity index is 3660. The van der Waals surface area contributed by atoms with Gasteiger partial charge in [-0.2, -0.15) is 0 Å². The van der Waals surface area contributed by atoms with E-state index in [1.807, 2.05) is 0 Å². The van der Waals surface area contributed by atoms with Crippen LogP contribution in [0.5, 0.6) is 0 Å². The first-order valence-electron chi connectivity index (χ1n) is 22.8. The SMILES string of the molecule is c1ccc(-c2ccc(N(c3cc(N(c4ccccc4)c4ccc(-c5ccccc5-c5ccccc5)cc4)c4c(c3)oc3c5ccccc5ccc34)c3ccccc3-c3ccccc3)cc2)cc1. The van der Waals surface area contributed by atoms with E-state index in [2.05, 4.69) is 277 Å². The van der Waals surface area contributed by atoms with Crippen LogP contribution in [-0.4, -0.2) is 0 Å². The normalized spacial score (nSPS) is 11.3. The summed E-state index contributed by atoms with van der Waals surface area (Å²) in [4.78, 5) is 4.78. The van der Waals surface area contributed by atoms with E-state index in [1.165, 1.54) is 22.3 Å². The number of furan rings is 1. The van der Waals surface area contributed by atoms with Gasteiger partial charge in [-0.25, -0.2) is 0 Å². The van der Waals surface area contributed by atoms with Gasteiger partial charge in [-0.3, -0.25) is 0 Å². The van der Waals surface area contributed by atoms with Gasteiger partial charge < -0.3 is 14.2 Å². The molecular formula is C64H44N2O. The van der Waals surface area contributed by atoms with Crippen LogP contribution in [0, 0.1) is 0 Å². The third-order valence-corrected chi connectivity index (χ3v) is 12.9. The molecular weight excluding hydrogens is 813 g/mol. The Labute approximate surface area is 390 Å². The zero-order valence-electron chi connectivity index (χ0n) is 36.7. The van der Waals surface area contributed by atoms with Crippen LogP contribution in [0.2, 0.25) is 0 Å². The van der Waals surface area contributed by atoms with Crippen LogP contribution in [0.1, 0.15) is 0 Å². The van der Waals surface area contributed by atoms with Crippen LogP contribution < -0.4 is 9.80 Å². The molecule has 0 unspecified atom stereocenters. The average Bonchev–Trinajstić information content (AvgIpc) is 3.80. The van der Waals surface area contributed by atoms with E-state index in [0.717, 1.165) is 89.1 Å². The number of para-hydroxylation sites is 2. The molecule has 0 N–H and O–H groups in total. The molecule has 12 rings (SSSR count). The lowest BCUT2D eigenvalue weighted by molar-refractivity contribution is 0.673. The third kappa shape index (κ3) is 7.39. The number of hydrogen-bond acceptors (Lipinski definition) is 3. The Hall–Kier alpha value is -8.92. The van der Waals surface area contributed by atoms with E-state index in [4.69, 9.17) is 4.42 Å². The fourth-order valence-corrected chi connectivity index (χ4v) is 9.69. The summed E-state index contributed by atoms with van der Waals surface area (Å²) in [6, 6.07) is 95.4. The highest BCUT2D eigenvalue weighted by Gasteiger charge is 2.26. The lowest BCUT2D eigenvalue weighted by Gasteiger charge is -2.31. The maximum atomic E-state index is 7.16. The summed E-state index contributed by atoms with van der Waals surface area (Å²) in [5, 5.41) is 4.33. The summed E-state index contributed by atoms with van der Waals surface area (Å²) in [5.74, 6) is 0. The smallest absolute Gasteiger partial charge is 0.143 e. The molecule has 0 saturated carbocycles. The van der Waals surface area contributed by atoms with Crippen molar-refractivity contribution in [3.63, 3.8) is 0 Å². The van der Waals surface area contributed by atoms with Gasteiger partial charge in [0.05, 0.1) is 22.4 Å². The van der Waals surface area contributed by atoms with Crippen molar-refractivity contribution in [1.29, 1.82) is 0 Å². The van der Waals surface area contributed by atoms with Crippen LogP contribution in [0.3, 0.4) is 0 Å². The van der Waals surface area contributed by atoms with Crippen molar-refractivity contribution in [3.05, 3.63) is 267 Å². The van der Waals surface area contributed by atoms with Crippen molar-refractivity contribution < 1.29 is 4.42 Å². The monoisotopic (exact) mass is 856 g/mol. The molecule has 0 atom stereocenters. The van der Waals surface area contributed by atoms with Gasteiger partial charge in [-0.05, 0) is 98.9 Å². The lowest BCUT2D eigenvalue weighted by Crippen LogP contribution is -2.14. The van der Waals surface area contributed by atoms with Gasteiger partial charge in [0.25, 0.3) is 0 Å². The van der Waals surface area contributed by atoms with Gasteiger partial charge in [-0.1, -0.05) is 206 Å². The summed E-state index contributed by atoms with van der Waals surface area (Å²) < 4.78 is 7.16. The minimum atomic E-state index is 0.802. The van der Waals surface area contributed by atoms with Crippen LogP contribution in [-0.2, 0) is 0 Å². The fourth-order valence-electron chi connectivity index (χ4n) is 9.69. The van der Waals surface area contributed by atoms with E-state index in [1.54, 1.807) is 0 Å². The summed E-state index contributed by atoms with van der Waals surface area (Å²) in [6.07, 6.45) is 0. The lowest BCUT2D eigenvalue weighted by atomic mass is 9.94. The molecule has 0 fully saturated rings. The molecule has 3 nitrogen and oxygen atoms in total. The molecule has 1 heterocycles. The first-order chi connectivity index (χ1) is 33.2. The highest BCUT2D eigenvalue weighted by atomic mass is 16.3. The molecule has 0 aliphatic rings. The number of fused-ring (bicyclic) bond motifs is 5. The Kier molecular flexibility index (Phi) is 10.2. The van der Waals surface area contributed by atoms with Crippen molar-refractivity contribution >= 4 is 66.8 Å². The van der Waals surface area contributed by atoms with E-state index >= 15 is 0 Å². The van der Waals surface area contributed by atoms with Gasteiger partial charge in [-0.15, -0.1) is 0 Å².